The van der Waals surface area contributed by atoms with Crippen LogP contribution in [-0.2, 0) is 15.0 Å². The second-order valence-electron chi connectivity index (χ2n) is 7.01. The number of carbonyl (C=O) groups is 1. The second-order valence-corrected chi connectivity index (χ2v) is 9.07. The molecule has 1 atom stereocenters. The lowest BCUT2D eigenvalue weighted by atomic mass is 10.0. The molecular formula is C21H28FN3O4S. The van der Waals surface area contributed by atoms with Gasteiger partial charge in [0, 0.05) is 14.1 Å². The molecule has 0 saturated heterocycles. The highest BCUT2D eigenvalue weighted by Gasteiger charge is 2.29. The average molecular weight is 438 g/mol. The van der Waals surface area contributed by atoms with Crippen molar-refractivity contribution in [2.24, 2.45) is 0 Å². The summed E-state index contributed by atoms with van der Waals surface area (Å²) in [4.78, 5) is 12.8. The van der Waals surface area contributed by atoms with Gasteiger partial charge in [-0.1, -0.05) is 31.2 Å². The molecule has 1 N–H and O–H groups in total. The molecule has 0 aromatic heterocycles. The largest absolute Gasteiger partial charge is 0.496 e. The fourth-order valence-electron chi connectivity index (χ4n) is 3.05. The molecule has 7 nitrogen and oxygen atoms in total. The van der Waals surface area contributed by atoms with Gasteiger partial charge in [0.25, 0.3) is 0 Å². The molecule has 0 radical (unpaired) electrons. The molecule has 0 bridgehead atoms. The topological polar surface area (TPSA) is 79.0 Å². The minimum Gasteiger partial charge on any atom is -0.496 e. The van der Waals surface area contributed by atoms with Crippen molar-refractivity contribution in [3.8, 4) is 5.75 Å². The van der Waals surface area contributed by atoms with Gasteiger partial charge in [0.1, 0.15) is 18.1 Å². The third-order valence-corrected chi connectivity index (χ3v) is 6.52. The molecule has 2 aromatic rings. The number of anilines is 1. The molecule has 0 fully saturated rings. The van der Waals surface area contributed by atoms with Gasteiger partial charge in [0.15, 0.2) is 0 Å². The van der Waals surface area contributed by atoms with Crippen molar-refractivity contribution < 1.29 is 22.3 Å². The molecule has 0 heterocycles. The first-order chi connectivity index (χ1) is 14.1. The highest BCUT2D eigenvalue weighted by atomic mass is 32.2. The first-order valence-corrected chi connectivity index (χ1v) is 10.9. The summed E-state index contributed by atoms with van der Waals surface area (Å²) in [5, 5.41) is 2.85. The van der Waals surface area contributed by atoms with Gasteiger partial charge in [0.05, 0.1) is 18.8 Å². The summed E-state index contributed by atoms with van der Waals surface area (Å²) in [7, 11) is 0.163. The van der Waals surface area contributed by atoms with E-state index >= 15 is 0 Å². The van der Waals surface area contributed by atoms with Crippen molar-refractivity contribution in [1.29, 1.82) is 0 Å². The van der Waals surface area contributed by atoms with Crippen LogP contribution in [0.1, 0.15) is 30.5 Å². The average Bonchev–Trinajstić information content (AvgIpc) is 2.70. The minimum atomic E-state index is -4.08. The number of benzene rings is 2. The van der Waals surface area contributed by atoms with Gasteiger partial charge in [0.2, 0.25) is 5.91 Å². The molecule has 9 heteroatoms. The molecule has 2 rings (SSSR count). The van der Waals surface area contributed by atoms with E-state index < -0.39 is 28.5 Å². The lowest BCUT2D eigenvalue weighted by Gasteiger charge is -2.28. The summed E-state index contributed by atoms with van der Waals surface area (Å²) < 4.78 is 46.8. The molecule has 0 unspecified atom stereocenters. The molecule has 164 valence electrons. The van der Waals surface area contributed by atoms with Gasteiger partial charge in [-0.25, -0.2) is 8.70 Å². The molecule has 1 amide bonds. The van der Waals surface area contributed by atoms with Crippen LogP contribution in [-0.4, -0.2) is 46.4 Å². The van der Waals surface area contributed by atoms with Crippen LogP contribution in [0, 0.1) is 12.7 Å². The van der Waals surface area contributed by atoms with Crippen LogP contribution in [0.4, 0.5) is 10.1 Å². The predicted octanol–water partition coefficient (Wildman–Crippen LogP) is 3.02. The van der Waals surface area contributed by atoms with Crippen LogP contribution in [0.2, 0.25) is 0 Å². The highest BCUT2D eigenvalue weighted by molar-refractivity contribution is 7.90. The van der Waals surface area contributed by atoms with E-state index in [4.69, 9.17) is 4.74 Å². The highest BCUT2D eigenvalue weighted by Crippen LogP contribution is 2.25. The number of nitrogens with one attached hydrogen (secondary N) is 1. The van der Waals surface area contributed by atoms with Crippen molar-refractivity contribution in [2.75, 3.05) is 32.1 Å². The number of hydrogen-bond donors (Lipinski definition) is 1. The van der Waals surface area contributed by atoms with Crippen molar-refractivity contribution in [1.82, 2.24) is 9.62 Å². The molecule has 0 spiro atoms. The number of hydrogen-bond acceptors (Lipinski definition) is 4. The Morgan fingerprint density at radius 1 is 1.20 bits per heavy atom. The number of para-hydroxylation sites is 1. The Bertz CT molecular complexity index is 995. The van der Waals surface area contributed by atoms with Crippen LogP contribution < -0.4 is 14.4 Å². The van der Waals surface area contributed by atoms with E-state index in [1.807, 2.05) is 32.0 Å². The van der Waals surface area contributed by atoms with Crippen LogP contribution in [0.25, 0.3) is 0 Å². The summed E-state index contributed by atoms with van der Waals surface area (Å²) in [5.41, 5.74) is 1.61. The summed E-state index contributed by atoms with van der Waals surface area (Å²) in [6.07, 6.45) is 0.595. The SMILES string of the molecule is CC[C@H](NC(=O)CN(c1ccccc1F)S(=O)(=O)N(C)C)c1ccc(OC)c(C)c1. The van der Waals surface area contributed by atoms with E-state index in [0.717, 1.165) is 31.6 Å². The Morgan fingerprint density at radius 2 is 1.87 bits per heavy atom. The Hall–Kier alpha value is -2.65. The maximum Gasteiger partial charge on any atom is 0.304 e. The quantitative estimate of drug-likeness (QED) is 0.654. The van der Waals surface area contributed by atoms with E-state index in [0.29, 0.717) is 6.42 Å². The zero-order valence-corrected chi connectivity index (χ0v) is 18.7. The molecule has 0 aliphatic heterocycles. The summed E-state index contributed by atoms with van der Waals surface area (Å²) in [6.45, 7) is 3.27. The zero-order valence-electron chi connectivity index (χ0n) is 17.8. The molecule has 0 aliphatic rings. The van der Waals surface area contributed by atoms with Crippen LogP contribution >= 0.6 is 0 Å². The van der Waals surface area contributed by atoms with Gasteiger partial charge < -0.3 is 10.1 Å². The maximum absolute atomic E-state index is 14.3. The monoisotopic (exact) mass is 437 g/mol. The Kier molecular flexibility index (Phi) is 7.80. The number of amides is 1. The van der Waals surface area contributed by atoms with Gasteiger partial charge in [-0.15, -0.1) is 0 Å². The lowest BCUT2D eigenvalue weighted by Crippen LogP contribution is -2.46. The Morgan fingerprint density at radius 3 is 2.40 bits per heavy atom. The molecule has 0 aliphatic carbocycles. The van der Waals surface area contributed by atoms with Crippen molar-refractivity contribution in [3.63, 3.8) is 0 Å². The third kappa shape index (κ3) is 5.28. The smallest absolute Gasteiger partial charge is 0.304 e. The second kappa shape index (κ2) is 9.90. The Labute approximate surface area is 177 Å². The van der Waals surface area contributed by atoms with Gasteiger partial charge in [-0.2, -0.15) is 12.7 Å². The number of rotatable bonds is 9. The first-order valence-electron chi connectivity index (χ1n) is 9.50. The number of halogens is 1. The van der Waals surface area contributed by atoms with E-state index in [1.165, 1.54) is 32.3 Å². The van der Waals surface area contributed by atoms with Crippen molar-refractivity contribution >= 4 is 21.8 Å². The van der Waals surface area contributed by atoms with Crippen LogP contribution in [0.5, 0.6) is 5.75 Å². The zero-order chi connectivity index (χ0) is 22.5. The maximum atomic E-state index is 14.3. The summed E-state index contributed by atoms with van der Waals surface area (Å²) >= 11 is 0. The number of ether oxygens (including phenoxy) is 1. The normalized spacial score (nSPS) is 12.5. The summed E-state index contributed by atoms with van der Waals surface area (Å²) in [6, 6.07) is 10.7. The molecule has 0 saturated carbocycles. The standard InChI is InChI=1S/C21H28FN3O4S/c1-6-18(16-11-12-20(29-5)15(2)13-16)23-21(26)14-25(30(27,28)24(3)4)19-10-8-7-9-17(19)22/h7-13,18H,6,14H2,1-5H3,(H,23,26)/t18-/m0/s1. The summed E-state index contributed by atoms with van der Waals surface area (Å²) in [5.74, 6) is -0.528. The fourth-order valence-corrected chi connectivity index (χ4v) is 4.12. The van der Waals surface area contributed by atoms with Gasteiger partial charge in [-0.05, 0) is 42.7 Å². The van der Waals surface area contributed by atoms with E-state index in [2.05, 4.69) is 5.32 Å². The van der Waals surface area contributed by atoms with E-state index in [-0.39, 0.29) is 11.7 Å². The third-order valence-electron chi connectivity index (χ3n) is 4.71. The first kappa shape index (κ1) is 23.6. The molecule has 30 heavy (non-hydrogen) atoms. The fraction of sp³-hybridized carbons (Fsp3) is 0.381. The molecular weight excluding hydrogens is 409 g/mol. The minimum absolute atomic E-state index is 0.185. The lowest BCUT2D eigenvalue weighted by molar-refractivity contribution is -0.120. The van der Waals surface area contributed by atoms with Crippen LogP contribution in [0.15, 0.2) is 42.5 Å². The number of aryl methyl sites for hydroxylation is 1. The van der Waals surface area contributed by atoms with Crippen molar-refractivity contribution in [2.45, 2.75) is 26.3 Å². The van der Waals surface area contributed by atoms with E-state index in [9.17, 15) is 17.6 Å². The Balaban J connectivity index is 2.29. The number of nitrogens with zero attached hydrogens (tertiary/aromatic N) is 2. The van der Waals surface area contributed by atoms with E-state index in [1.54, 1.807) is 7.11 Å². The molecule has 2 aromatic carbocycles. The van der Waals surface area contributed by atoms with Crippen molar-refractivity contribution in [3.05, 3.63) is 59.4 Å². The van der Waals surface area contributed by atoms with Gasteiger partial charge >= 0.3 is 10.2 Å². The number of methoxy groups -OCH3 is 1. The predicted molar refractivity (Wildman–Crippen MR) is 115 cm³/mol. The van der Waals surface area contributed by atoms with Gasteiger partial charge in [-0.3, -0.25) is 4.79 Å². The number of carbonyl (C=O) groups excluding carboxylic acids is 1. The van der Waals surface area contributed by atoms with Crippen LogP contribution in [0.3, 0.4) is 0 Å².